The maximum atomic E-state index is 4.37. The smallest absolute Gasteiger partial charge is 0.245 e. The summed E-state index contributed by atoms with van der Waals surface area (Å²) in [4.78, 5) is 8.60. The Balaban J connectivity index is 1.66. The van der Waals surface area contributed by atoms with Gasteiger partial charge in [0.2, 0.25) is 5.95 Å². The van der Waals surface area contributed by atoms with E-state index in [1.165, 1.54) is 0 Å². The van der Waals surface area contributed by atoms with Crippen molar-refractivity contribution < 1.29 is 0 Å². The summed E-state index contributed by atoms with van der Waals surface area (Å²) in [7, 11) is 0. The average Bonchev–Trinajstić information content (AvgIpc) is 2.57. The van der Waals surface area contributed by atoms with E-state index in [4.69, 9.17) is 0 Å². The fourth-order valence-corrected chi connectivity index (χ4v) is 2.06. The van der Waals surface area contributed by atoms with Gasteiger partial charge in [0, 0.05) is 16.4 Å². The predicted octanol–water partition coefficient (Wildman–Crippen LogP) is 3.38. The van der Waals surface area contributed by atoms with Gasteiger partial charge in [0.15, 0.2) is 5.82 Å². The van der Waals surface area contributed by atoms with Gasteiger partial charge in [0.1, 0.15) is 0 Å². The van der Waals surface area contributed by atoms with Gasteiger partial charge in [-0.05, 0) is 36.4 Å². The van der Waals surface area contributed by atoms with Gasteiger partial charge in [-0.1, -0.05) is 22.0 Å². The van der Waals surface area contributed by atoms with Crippen LogP contribution in [0.5, 0.6) is 0 Å². The number of aromatic nitrogens is 4. The molecular formula is C15H13BrN6. The summed E-state index contributed by atoms with van der Waals surface area (Å²) >= 11 is 3.40. The second kappa shape index (κ2) is 6.95. The molecular weight excluding hydrogens is 344 g/mol. The molecule has 0 radical (unpaired) electrons. The molecule has 0 aliphatic rings. The Morgan fingerprint density at radius 1 is 1.05 bits per heavy atom. The van der Waals surface area contributed by atoms with Crippen LogP contribution in [0.4, 0.5) is 17.5 Å². The van der Waals surface area contributed by atoms with Crippen molar-refractivity contribution in [1.82, 2.24) is 20.2 Å². The highest BCUT2D eigenvalue weighted by Crippen LogP contribution is 2.17. The molecule has 1 aromatic carbocycles. The van der Waals surface area contributed by atoms with Crippen LogP contribution in [0.2, 0.25) is 0 Å². The van der Waals surface area contributed by atoms with E-state index in [9.17, 15) is 0 Å². The normalized spacial score (nSPS) is 10.2. The van der Waals surface area contributed by atoms with Gasteiger partial charge in [-0.3, -0.25) is 4.98 Å². The number of nitrogens with one attached hydrogen (secondary N) is 2. The first kappa shape index (κ1) is 14.4. The van der Waals surface area contributed by atoms with Crippen LogP contribution in [-0.2, 0) is 6.54 Å². The van der Waals surface area contributed by atoms with Crippen LogP contribution in [0.25, 0.3) is 0 Å². The van der Waals surface area contributed by atoms with Crippen molar-refractivity contribution in [2.24, 2.45) is 0 Å². The van der Waals surface area contributed by atoms with E-state index in [0.29, 0.717) is 18.3 Å². The summed E-state index contributed by atoms with van der Waals surface area (Å²) in [5, 5.41) is 14.2. The zero-order valence-electron chi connectivity index (χ0n) is 11.6. The van der Waals surface area contributed by atoms with Crippen molar-refractivity contribution >= 4 is 33.4 Å². The van der Waals surface area contributed by atoms with E-state index in [1.54, 1.807) is 12.4 Å². The molecule has 0 bridgehead atoms. The molecule has 110 valence electrons. The Labute approximate surface area is 136 Å². The summed E-state index contributed by atoms with van der Waals surface area (Å²) < 4.78 is 1.02. The van der Waals surface area contributed by atoms with Crippen LogP contribution >= 0.6 is 15.9 Å². The SMILES string of the molecule is Brc1ccc(Nc2cnnc(NCc3ccccn3)n2)cc1. The van der Waals surface area contributed by atoms with Crippen molar-refractivity contribution in [2.75, 3.05) is 10.6 Å². The molecule has 0 fully saturated rings. The van der Waals surface area contributed by atoms with E-state index in [1.807, 2.05) is 42.5 Å². The van der Waals surface area contributed by atoms with Crippen molar-refractivity contribution in [3.63, 3.8) is 0 Å². The molecule has 0 saturated carbocycles. The lowest BCUT2D eigenvalue weighted by Crippen LogP contribution is -2.07. The standard InChI is InChI=1S/C15H13BrN6/c16-11-4-6-12(7-5-11)20-14-10-19-22-15(21-14)18-9-13-3-1-2-8-17-13/h1-8,10H,9H2,(H2,18,20,21,22). The maximum Gasteiger partial charge on any atom is 0.245 e. The molecule has 0 unspecified atom stereocenters. The molecule has 0 aliphatic heterocycles. The number of rotatable bonds is 5. The highest BCUT2D eigenvalue weighted by molar-refractivity contribution is 9.10. The first-order valence-corrected chi connectivity index (χ1v) is 7.45. The number of anilines is 3. The quantitative estimate of drug-likeness (QED) is 0.729. The second-order valence-corrected chi connectivity index (χ2v) is 5.39. The third-order valence-electron chi connectivity index (χ3n) is 2.83. The van der Waals surface area contributed by atoms with Crippen molar-refractivity contribution in [3.8, 4) is 0 Å². The predicted molar refractivity (Wildman–Crippen MR) is 88.8 cm³/mol. The van der Waals surface area contributed by atoms with Crippen LogP contribution in [0.1, 0.15) is 5.69 Å². The van der Waals surface area contributed by atoms with Gasteiger partial charge in [0.05, 0.1) is 18.4 Å². The number of benzene rings is 1. The molecule has 6 nitrogen and oxygen atoms in total. The highest BCUT2D eigenvalue weighted by Gasteiger charge is 2.02. The van der Waals surface area contributed by atoms with Gasteiger partial charge in [-0.15, -0.1) is 5.10 Å². The second-order valence-electron chi connectivity index (χ2n) is 4.47. The molecule has 0 saturated heterocycles. The lowest BCUT2D eigenvalue weighted by Gasteiger charge is -2.07. The van der Waals surface area contributed by atoms with Crippen LogP contribution in [-0.4, -0.2) is 20.2 Å². The van der Waals surface area contributed by atoms with Gasteiger partial charge in [0.25, 0.3) is 0 Å². The maximum absolute atomic E-state index is 4.37. The Bertz CT molecular complexity index is 733. The van der Waals surface area contributed by atoms with E-state index in [2.05, 4.69) is 46.7 Å². The van der Waals surface area contributed by atoms with Crippen LogP contribution in [0, 0.1) is 0 Å². The molecule has 3 aromatic rings. The Morgan fingerprint density at radius 2 is 1.91 bits per heavy atom. The largest absolute Gasteiger partial charge is 0.347 e. The third kappa shape index (κ3) is 3.98. The van der Waals surface area contributed by atoms with E-state index in [-0.39, 0.29) is 0 Å². The third-order valence-corrected chi connectivity index (χ3v) is 3.36. The Morgan fingerprint density at radius 3 is 2.68 bits per heavy atom. The van der Waals surface area contributed by atoms with Crippen LogP contribution in [0.15, 0.2) is 59.3 Å². The fraction of sp³-hybridized carbons (Fsp3) is 0.0667. The monoisotopic (exact) mass is 356 g/mol. The summed E-state index contributed by atoms with van der Waals surface area (Å²) in [6, 6.07) is 13.6. The fourth-order valence-electron chi connectivity index (χ4n) is 1.79. The molecule has 7 heteroatoms. The zero-order chi connectivity index (χ0) is 15.2. The number of nitrogens with zero attached hydrogens (tertiary/aromatic N) is 4. The minimum atomic E-state index is 0.452. The van der Waals surface area contributed by atoms with E-state index < -0.39 is 0 Å². The zero-order valence-corrected chi connectivity index (χ0v) is 13.2. The summed E-state index contributed by atoms with van der Waals surface area (Å²) in [5.41, 5.74) is 1.84. The minimum absolute atomic E-state index is 0.452. The molecule has 0 atom stereocenters. The number of hydrogen-bond donors (Lipinski definition) is 2. The van der Waals surface area contributed by atoms with Gasteiger partial charge < -0.3 is 10.6 Å². The lowest BCUT2D eigenvalue weighted by molar-refractivity contribution is 0.934. The first-order valence-electron chi connectivity index (χ1n) is 6.66. The Hall–Kier alpha value is -2.54. The molecule has 22 heavy (non-hydrogen) atoms. The molecule has 0 aliphatic carbocycles. The van der Waals surface area contributed by atoms with E-state index in [0.717, 1.165) is 15.9 Å². The van der Waals surface area contributed by atoms with Gasteiger partial charge in [-0.2, -0.15) is 10.1 Å². The molecule has 0 amide bonds. The Kier molecular flexibility index (Phi) is 4.55. The number of hydrogen-bond acceptors (Lipinski definition) is 6. The average molecular weight is 357 g/mol. The summed E-state index contributed by atoms with van der Waals surface area (Å²) in [6.45, 7) is 0.546. The topological polar surface area (TPSA) is 75.6 Å². The minimum Gasteiger partial charge on any atom is -0.347 e. The molecule has 2 N–H and O–H groups in total. The molecule has 0 spiro atoms. The van der Waals surface area contributed by atoms with E-state index >= 15 is 0 Å². The number of pyridine rings is 1. The van der Waals surface area contributed by atoms with Crippen molar-refractivity contribution in [3.05, 3.63) is 65.0 Å². The molecule has 2 aromatic heterocycles. The highest BCUT2D eigenvalue weighted by atomic mass is 79.9. The van der Waals surface area contributed by atoms with Gasteiger partial charge >= 0.3 is 0 Å². The summed E-state index contributed by atoms with van der Waals surface area (Å²) in [5.74, 6) is 1.08. The molecule has 3 rings (SSSR count). The molecule has 2 heterocycles. The van der Waals surface area contributed by atoms with Gasteiger partial charge in [-0.25, -0.2) is 0 Å². The van der Waals surface area contributed by atoms with Crippen LogP contribution in [0.3, 0.4) is 0 Å². The summed E-state index contributed by atoms with van der Waals surface area (Å²) in [6.07, 6.45) is 3.33. The van der Waals surface area contributed by atoms with Crippen molar-refractivity contribution in [2.45, 2.75) is 6.54 Å². The lowest BCUT2D eigenvalue weighted by atomic mass is 10.3. The first-order chi connectivity index (χ1) is 10.8. The van der Waals surface area contributed by atoms with Crippen LogP contribution < -0.4 is 10.6 Å². The number of halogens is 1. The van der Waals surface area contributed by atoms with Crippen molar-refractivity contribution in [1.29, 1.82) is 0 Å².